The average Bonchev–Trinajstić information content (AvgIpc) is 3.27. The zero-order valence-electron chi connectivity index (χ0n) is 13.6. The molecule has 0 N–H and O–H groups in total. The maximum absolute atomic E-state index is 12.5. The third kappa shape index (κ3) is 3.20. The Hall–Kier alpha value is -1.82. The number of hydrogen-bond acceptors (Lipinski definition) is 5. The predicted molar refractivity (Wildman–Crippen MR) is 93.3 cm³/mol. The highest BCUT2D eigenvalue weighted by Crippen LogP contribution is 2.33. The number of nitrogens with zero attached hydrogens (tertiary/aromatic N) is 3. The van der Waals surface area contributed by atoms with Gasteiger partial charge in [-0.1, -0.05) is 49.2 Å². The first kappa shape index (κ1) is 15.7. The van der Waals surface area contributed by atoms with E-state index < -0.39 is 0 Å². The molecule has 2 heterocycles. The van der Waals surface area contributed by atoms with Crippen LogP contribution in [0.1, 0.15) is 49.5 Å². The largest absolute Gasteiger partial charge is 0.416 e. The Labute approximate surface area is 145 Å². The minimum Gasteiger partial charge on any atom is -0.416 e. The van der Waals surface area contributed by atoms with Gasteiger partial charge in [-0.15, -0.1) is 10.2 Å². The fourth-order valence-electron chi connectivity index (χ4n) is 3.59. The highest BCUT2D eigenvalue weighted by molar-refractivity contribution is 7.99. The van der Waals surface area contributed by atoms with Gasteiger partial charge in [0.05, 0.1) is 5.75 Å². The van der Waals surface area contributed by atoms with Gasteiger partial charge in [0.25, 0.3) is 5.22 Å². The second kappa shape index (κ2) is 6.97. The number of thioether (sulfide) groups is 1. The van der Waals surface area contributed by atoms with Crippen LogP contribution in [0.5, 0.6) is 0 Å². The second-order valence-corrected chi connectivity index (χ2v) is 7.38. The van der Waals surface area contributed by atoms with E-state index in [0.29, 0.717) is 16.9 Å². The number of carbonyl (C=O) groups is 1. The van der Waals surface area contributed by atoms with E-state index in [9.17, 15) is 4.79 Å². The highest BCUT2D eigenvalue weighted by Gasteiger charge is 2.25. The van der Waals surface area contributed by atoms with Gasteiger partial charge in [0, 0.05) is 18.2 Å². The fourth-order valence-corrected chi connectivity index (χ4v) is 4.24. The van der Waals surface area contributed by atoms with Crippen molar-refractivity contribution < 1.29 is 9.21 Å². The van der Waals surface area contributed by atoms with Crippen molar-refractivity contribution in [1.29, 1.82) is 0 Å². The number of benzene rings is 1. The lowest BCUT2D eigenvalue weighted by Gasteiger charge is -2.17. The molecule has 1 aromatic heterocycles. The maximum atomic E-state index is 12.5. The van der Waals surface area contributed by atoms with Gasteiger partial charge in [-0.3, -0.25) is 4.79 Å². The van der Waals surface area contributed by atoms with Crippen molar-refractivity contribution in [2.24, 2.45) is 0 Å². The Morgan fingerprint density at radius 3 is 2.92 bits per heavy atom. The maximum Gasteiger partial charge on any atom is 0.277 e. The van der Waals surface area contributed by atoms with Crippen molar-refractivity contribution in [3.05, 3.63) is 35.7 Å². The molecule has 2 aliphatic rings. The Balaban J connectivity index is 1.35. The Morgan fingerprint density at radius 1 is 1.21 bits per heavy atom. The Bertz CT molecular complexity index is 725. The molecule has 5 nitrogen and oxygen atoms in total. The number of rotatable bonds is 4. The molecule has 0 saturated heterocycles. The number of anilines is 1. The fraction of sp³-hybridized carbons (Fsp3) is 0.500. The predicted octanol–water partition coefficient (Wildman–Crippen LogP) is 3.80. The molecule has 1 aromatic carbocycles. The Kier molecular flexibility index (Phi) is 4.56. The summed E-state index contributed by atoms with van der Waals surface area (Å²) in [5.41, 5.74) is 2.28. The molecule has 1 aliphatic heterocycles. The number of carbonyl (C=O) groups excluding carboxylic acids is 1. The lowest BCUT2D eigenvalue weighted by molar-refractivity contribution is -0.116. The smallest absolute Gasteiger partial charge is 0.277 e. The molecule has 0 bridgehead atoms. The molecule has 2 aromatic rings. The number of para-hydroxylation sites is 1. The molecule has 1 saturated carbocycles. The summed E-state index contributed by atoms with van der Waals surface area (Å²) in [7, 11) is 0. The van der Waals surface area contributed by atoms with Gasteiger partial charge in [0.15, 0.2) is 0 Å². The monoisotopic (exact) mass is 343 g/mol. The molecule has 1 fully saturated rings. The third-order valence-electron chi connectivity index (χ3n) is 4.88. The molecule has 0 atom stereocenters. The van der Waals surface area contributed by atoms with Crippen LogP contribution in [0.15, 0.2) is 33.9 Å². The molecule has 0 spiro atoms. The summed E-state index contributed by atoms with van der Waals surface area (Å²) in [6.45, 7) is 0.760. The van der Waals surface area contributed by atoms with Gasteiger partial charge in [-0.25, -0.2) is 0 Å². The van der Waals surface area contributed by atoms with Crippen LogP contribution in [0.3, 0.4) is 0 Å². The summed E-state index contributed by atoms with van der Waals surface area (Å²) in [4.78, 5) is 14.4. The van der Waals surface area contributed by atoms with Gasteiger partial charge in [-0.2, -0.15) is 0 Å². The van der Waals surface area contributed by atoms with Crippen molar-refractivity contribution >= 4 is 23.4 Å². The summed E-state index contributed by atoms with van der Waals surface area (Å²) in [6, 6.07) is 8.10. The van der Waals surface area contributed by atoms with Gasteiger partial charge in [0.2, 0.25) is 11.8 Å². The first-order valence-electron chi connectivity index (χ1n) is 8.66. The quantitative estimate of drug-likeness (QED) is 0.790. The van der Waals surface area contributed by atoms with Crippen LogP contribution in [0.25, 0.3) is 0 Å². The van der Waals surface area contributed by atoms with Crippen LogP contribution in [0.2, 0.25) is 0 Å². The van der Waals surface area contributed by atoms with Crippen molar-refractivity contribution in [1.82, 2.24) is 10.2 Å². The first-order chi connectivity index (χ1) is 11.8. The summed E-state index contributed by atoms with van der Waals surface area (Å²) in [5.74, 6) is 1.58. The average molecular weight is 343 g/mol. The summed E-state index contributed by atoms with van der Waals surface area (Å²) < 4.78 is 5.78. The van der Waals surface area contributed by atoms with Crippen LogP contribution in [-0.4, -0.2) is 28.4 Å². The molecule has 0 radical (unpaired) electrons. The minimum absolute atomic E-state index is 0.0994. The number of hydrogen-bond donors (Lipinski definition) is 0. The third-order valence-corrected chi connectivity index (χ3v) is 5.69. The first-order valence-corrected chi connectivity index (χ1v) is 9.64. The summed E-state index contributed by atoms with van der Waals surface area (Å²) in [6.07, 6.45) is 6.98. The van der Waals surface area contributed by atoms with Crippen LogP contribution in [-0.2, 0) is 11.2 Å². The van der Waals surface area contributed by atoms with Crippen LogP contribution in [0.4, 0.5) is 5.69 Å². The van der Waals surface area contributed by atoms with Crippen molar-refractivity contribution in [2.45, 2.75) is 49.7 Å². The van der Waals surface area contributed by atoms with Crippen LogP contribution in [0, 0.1) is 0 Å². The van der Waals surface area contributed by atoms with E-state index in [2.05, 4.69) is 16.3 Å². The number of amides is 1. The summed E-state index contributed by atoms with van der Waals surface area (Å²) >= 11 is 1.34. The van der Waals surface area contributed by atoms with E-state index in [0.717, 1.165) is 37.4 Å². The van der Waals surface area contributed by atoms with E-state index in [1.165, 1.54) is 36.6 Å². The lowest BCUT2D eigenvalue weighted by Crippen LogP contribution is -2.30. The van der Waals surface area contributed by atoms with E-state index in [1.807, 2.05) is 23.1 Å². The molecule has 6 heteroatoms. The standard InChI is InChI=1S/C18H21N3O2S/c22-16(21-11-10-13-6-4-5-9-15(13)21)12-24-18-20-19-17(23-18)14-7-2-1-3-8-14/h4-6,9,14H,1-3,7-8,10-12H2. The number of aromatic nitrogens is 2. The number of fused-ring (bicyclic) bond motifs is 1. The molecular formula is C18H21N3O2S. The van der Waals surface area contributed by atoms with Crippen LogP contribution >= 0.6 is 11.8 Å². The molecule has 1 amide bonds. The molecular weight excluding hydrogens is 322 g/mol. The normalized spacial score (nSPS) is 17.9. The van der Waals surface area contributed by atoms with Gasteiger partial charge in [0.1, 0.15) is 0 Å². The molecule has 0 unspecified atom stereocenters. The van der Waals surface area contributed by atoms with E-state index in [-0.39, 0.29) is 5.91 Å². The molecule has 126 valence electrons. The topological polar surface area (TPSA) is 59.2 Å². The molecule has 1 aliphatic carbocycles. The van der Waals surface area contributed by atoms with Crippen molar-refractivity contribution in [3.8, 4) is 0 Å². The lowest BCUT2D eigenvalue weighted by atomic mass is 9.89. The van der Waals surface area contributed by atoms with E-state index in [1.54, 1.807) is 0 Å². The van der Waals surface area contributed by atoms with Gasteiger partial charge >= 0.3 is 0 Å². The van der Waals surface area contributed by atoms with E-state index in [4.69, 9.17) is 4.42 Å². The zero-order valence-corrected chi connectivity index (χ0v) is 14.4. The highest BCUT2D eigenvalue weighted by atomic mass is 32.2. The molecule has 4 rings (SSSR count). The summed E-state index contributed by atoms with van der Waals surface area (Å²) in [5, 5.41) is 8.81. The van der Waals surface area contributed by atoms with E-state index >= 15 is 0 Å². The van der Waals surface area contributed by atoms with Crippen molar-refractivity contribution in [2.75, 3.05) is 17.2 Å². The van der Waals surface area contributed by atoms with Crippen LogP contribution < -0.4 is 4.90 Å². The SMILES string of the molecule is O=C(CSc1nnc(C2CCCCC2)o1)N1CCc2ccccc21. The zero-order chi connectivity index (χ0) is 16.4. The van der Waals surface area contributed by atoms with Crippen molar-refractivity contribution in [3.63, 3.8) is 0 Å². The Morgan fingerprint density at radius 2 is 2.04 bits per heavy atom. The van der Waals surface area contributed by atoms with Gasteiger partial charge in [-0.05, 0) is 30.9 Å². The minimum atomic E-state index is 0.0994. The second-order valence-electron chi connectivity index (χ2n) is 6.45. The molecule has 24 heavy (non-hydrogen) atoms. The van der Waals surface area contributed by atoms with Gasteiger partial charge < -0.3 is 9.32 Å².